The Kier molecular flexibility index (Phi) is 4.74. The van der Waals surface area contributed by atoms with E-state index >= 15 is 0 Å². The highest BCUT2D eigenvalue weighted by atomic mass is 16.6. The lowest BCUT2D eigenvalue weighted by Crippen LogP contribution is -2.36. The van der Waals surface area contributed by atoms with Crippen molar-refractivity contribution in [3.05, 3.63) is 29.8 Å². The van der Waals surface area contributed by atoms with Gasteiger partial charge in [-0.25, -0.2) is 14.8 Å². The van der Waals surface area contributed by atoms with E-state index in [1.165, 1.54) is 19.3 Å². The molecule has 2 fully saturated rings. The van der Waals surface area contributed by atoms with Crippen LogP contribution < -0.4 is 10.6 Å². The molecule has 0 bridgehead atoms. The van der Waals surface area contributed by atoms with Crippen LogP contribution in [0.4, 0.5) is 16.4 Å². The Bertz CT molecular complexity index is 874. The number of Topliss-reactive ketones (excluding diaryl/α,β-unsaturated/α-hetero) is 1. The molecule has 2 aliphatic rings. The molecule has 2 atom stereocenters. The summed E-state index contributed by atoms with van der Waals surface area (Å²) in [5.74, 6) is 1.28. The Hall–Kier alpha value is -2.97. The molecule has 2 saturated carbocycles. The highest BCUT2D eigenvalue weighted by molar-refractivity contribution is 5.91. The van der Waals surface area contributed by atoms with Crippen LogP contribution in [-0.2, 0) is 4.74 Å². The van der Waals surface area contributed by atoms with Crippen LogP contribution in [0.1, 0.15) is 68.1 Å². The molecule has 4 rings (SSSR count). The Morgan fingerprint density at radius 2 is 2.04 bits per heavy atom. The number of aromatic amines is 1. The van der Waals surface area contributed by atoms with Crippen molar-refractivity contribution in [1.82, 2.24) is 25.5 Å². The summed E-state index contributed by atoms with van der Waals surface area (Å²) in [4.78, 5) is 31.5. The average Bonchev–Trinajstić information content (AvgIpc) is 3.04. The van der Waals surface area contributed by atoms with Gasteiger partial charge in [-0.2, -0.15) is 5.10 Å². The van der Waals surface area contributed by atoms with E-state index in [-0.39, 0.29) is 29.4 Å². The van der Waals surface area contributed by atoms with Gasteiger partial charge in [0, 0.05) is 30.1 Å². The first-order valence-corrected chi connectivity index (χ1v) is 9.54. The molecular weight excluding hydrogens is 360 g/mol. The Labute approximate surface area is 162 Å². The van der Waals surface area contributed by atoms with Crippen LogP contribution in [-0.4, -0.2) is 43.7 Å². The summed E-state index contributed by atoms with van der Waals surface area (Å²) >= 11 is 0. The molecule has 0 spiro atoms. The molecule has 0 aliphatic heterocycles. The number of hydrogen-bond acceptors (Lipinski definition) is 7. The molecule has 2 heterocycles. The van der Waals surface area contributed by atoms with Gasteiger partial charge < -0.3 is 15.4 Å². The molecule has 28 heavy (non-hydrogen) atoms. The van der Waals surface area contributed by atoms with E-state index in [1.807, 2.05) is 13.0 Å². The maximum Gasteiger partial charge on any atom is 0.407 e. The second-order valence-corrected chi connectivity index (χ2v) is 7.90. The van der Waals surface area contributed by atoms with Crippen molar-refractivity contribution in [2.24, 2.45) is 0 Å². The van der Waals surface area contributed by atoms with E-state index in [4.69, 9.17) is 4.74 Å². The number of anilines is 2. The summed E-state index contributed by atoms with van der Waals surface area (Å²) in [6, 6.07) is 1.93. The van der Waals surface area contributed by atoms with Gasteiger partial charge in [-0.3, -0.25) is 9.89 Å². The number of ketones is 1. The number of nitrogens with one attached hydrogen (secondary N) is 3. The van der Waals surface area contributed by atoms with E-state index in [2.05, 4.69) is 30.8 Å². The Morgan fingerprint density at radius 1 is 1.21 bits per heavy atom. The maximum absolute atomic E-state index is 12.0. The van der Waals surface area contributed by atoms with Crippen LogP contribution >= 0.6 is 0 Å². The molecule has 1 amide bonds. The van der Waals surface area contributed by atoms with Crippen LogP contribution in [0.3, 0.4) is 0 Å². The number of carbonyl (C=O) groups excluding carboxylic acids is 2. The van der Waals surface area contributed by atoms with Crippen molar-refractivity contribution in [3.63, 3.8) is 0 Å². The monoisotopic (exact) mass is 384 g/mol. The largest absolute Gasteiger partial charge is 0.446 e. The molecule has 2 aromatic rings. The highest BCUT2D eigenvalue weighted by Crippen LogP contribution is 2.37. The van der Waals surface area contributed by atoms with Crippen molar-refractivity contribution in [3.8, 4) is 0 Å². The van der Waals surface area contributed by atoms with Crippen molar-refractivity contribution in [1.29, 1.82) is 0 Å². The number of H-pyrrole nitrogens is 1. The molecule has 9 heteroatoms. The van der Waals surface area contributed by atoms with Gasteiger partial charge in [0.2, 0.25) is 0 Å². The van der Waals surface area contributed by atoms with E-state index in [1.54, 1.807) is 0 Å². The minimum Gasteiger partial charge on any atom is -0.446 e. The standard InChI is InChI=1S/C19H24N6O3/c1-11(26)15-9-21-17(10-20-15)22-16-8-14(24-25-16)12-3-4-13(7-12)28-18(27)23-19(2)5-6-19/h8-10,12-13H,3-7H2,1-2H3,(H,23,27)(H2,21,22,24,25)/t12-,13+/m0/s1. The van der Waals surface area contributed by atoms with Crippen LogP contribution in [0.2, 0.25) is 0 Å². The summed E-state index contributed by atoms with van der Waals surface area (Å²) in [7, 11) is 0. The van der Waals surface area contributed by atoms with Crippen molar-refractivity contribution in [2.75, 3.05) is 5.32 Å². The quantitative estimate of drug-likeness (QED) is 0.654. The van der Waals surface area contributed by atoms with Crippen LogP contribution in [0, 0.1) is 0 Å². The first-order valence-electron chi connectivity index (χ1n) is 9.54. The molecular formula is C19H24N6O3. The smallest absolute Gasteiger partial charge is 0.407 e. The fourth-order valence-electron chi connectivity index (χ4n) is 3.38. The SMILES string of the molecule is CC(=O)c1cnc(Nc2cc([C@H]3CC[C@@H](OC(=O)NC4(C)CC4)C3)[nH]n2)cn1. The molecule has 2 aliphatic carbocycles. The second kappa shape index (κ2) is 7.21. The van der Waals surface area contributed by atoms with E-state index < -0.39 is 0 Å². The van der Waals surface area contributed by atoms with Gasteiger partial charge in [0.25, 0.3) is 0 Å². The minimum absolute atomic E-state index is 0.0649. The lowest BCUT2D eigenvalue weighted by molar-refractivity contribution is 0.0965. The zero-order valence-corrected chi connectivity index (χ0v) is 16.0. The summed E-state index contributed by atoms with van der Waals surface area (Å²) in [6.45, 7) is 3.48. The number of rotatable bonds is 6. The normalized spacial score (nSPS) is 22.5. The van der Waals surface area contributed by atoms with Gasteiger partial charge in [0.15, 0.2) is 11.6 Å². The third kappa shape index (κ3) is 4.29. The first kappa shape index (κ1) is 18.4. The molecule has 2 aromatic heterocycles. The summed E-state index contributed by atoms with van der Waals surface area (Å²) < 4.78 is 5.57. The number of ether oxygens (including phenoxy) is 1. The number of hydrogen-bond donors (Lipinski definition) is 3. The third-order valence-corrected chi connectivity index (χ3v) is 5.37. The van der Waals surface area contributed by atoms with Crippen molar-refractivity contribution in [2.45, 2.75) is 63.5 Å². The van der Waals surface area contributed by atoms with Crippen LogP contribution in [0.5, 0.6) is 0 Å². The predicted molar refractivity (Wildman–Crippen MR) is 102 cm³/mol. The molecule has 0 saturated heterocycles. The van der Waals surface area contributed by atoms with E-state index in [0.29, 0.717) is 17.3 Å². The van der Waals surface area contributed by atoms with Gasteiger partial charge in [-0.15, -0.1) is 0 Å². The molecule has 0 unspecified atom stereocenters. The van der Waals surface area contributed by atoms with E-state index in [0.717, 1.165) is 37.8 Å². The molecule has 3 N–H and O–H groups in total. The number of carbonyl (C=O) groups is 2. The summed E-state index contributed by atoms with van der Waals surface area (Å²) in [6.07, 6.45) is 7.13. The predicted octanol–water partition coefficient (Wildman–Crippen LogP) is 3.06. The van der Waals surface area contributed by atoms with Crippen LogP contribution in [0.15, 0.2) is 18.5 Å². The number of nitrogens with zero attached hydrogens (tertiary/aromatic N) is 3. The van der Waals surface area contributed by atoms with Crippen molar-refractivity contribution >= 4 is 23.5 Å². The fraction of sp³-hybridized carbons (Fsp3) is 0.526. The fourth-order valence-corrected chi connectivity index (χ4v) is 3.38. The van der Waals surface area contributed by atoms with Crippen LogP contribution in [0.25, 0.3) is 0 Å². The molecule has 0 aromatic carbocycles. The Morgan fingerprint density at radius 3 is 2.71 bits per heavy atom. The second-order valence-electron chi connectivity index (χ2n) is 7.90. The lowest BCUT2D eigenvalue weighted by Gasteiger charge is -2.16. The van der Waals surface area contributed by atoms with Gasteiger partial charge in [-0.05, 0) is 39.0 Å². The molecule has 148 valence electrons. The van der Waals surface area contributed by atoms with Gasteiger partial charge in [0.05, 0.1) is 12.4 Å². The first-order chi connectivity index (χ1) is 13.4. The minimum atomic E-state index is -0.315. The van der Waals surface area contributed by atoms with Crippen molar-refractivity contribution < 1.29 is 14.3 Å². The van der Waals surface area contributed by atoms with Gasteiger partial charge in [-0.1, -0.05) is 0 Å². The highest BCUT2D eigenvalue weighted by Gasteiger charge is 2.40. The molecule has 9 nitrogen and oxygen atoms in total. The lowest BCUT2D eigenvalue weighted by atomic mass is 10.0. The number of amides is 1. The zero-order valence-electron chi connectivity index (χ0n) is 16.0. The maximum atomic E-state index is 12.0. The topological polar surface area (TPSA) is 122 Å². The van der Waals surface area contributed by atoms with Gasteiger partial charge in [0.1, 0.15) is 17.6 Å². The average molecular weight is 384 g/mol. The third-order valence-electron chi connectivity index (χ3n) is 5.37. The molecule has 0 radical (unpaired) electrons. The summed E-state index contributed by atoms with van der Waals surface area (Å²) in [5.41, 5.74) is 1.26. The zero-order chi connectivity index (χ0) is 19.7. The number of alkyl carbamates (subject to hydrolysis) is 1. The van der Waals surface area contributed by atoms with Gasteiger partial charge >= 0.3 is 6.09 Å². The Balaban J connectivity index is 1.30. The summed E-state index contributed by atoms with van der Waals surface area (Å²) in [5, 5.41) is 13.3. The number of aromatic nitrogens is 4. The van der Waals surface area contributed by atoms with E-state index in [9.17, 15) is 9.59 Å².